The van der Waals surface area contributed by atoms with Gasteiger partial charge in [-0.2, -0.15) is 8.42 Å². The zero-order valence-electron chi connectivity index (χ0n) is 12.1. The second-order valence-electron chi connectivity index (χ2n) is 5.17. The Hall–Kier alpha value is -0.940. The molecule has 0 aromatic rings. The van der Waals surface area contributed by atoms with E-state index >= 15 is 0 Å². The highest BCUT2D eigenvalue weighted by atomic mass is 32.2. The second kappa shape index (κ2) is 5.69. The standard InChI is InChI=1S/C11H18O9S/c1-11(2)18-8-7(20-21(4,13)14)6(17-9(8)19-11)5-16-10(12)15-3/h6-9H,5H2,1-4H3/t6-,7+,8-,9+/m1/s1. The summed E-state index contributed by atoms with van der Waals surface area (Å²) in [6.45, 7) is 3.10. The molecule has 21 heavy (non-hydrogen) atoms. The predicted octanol–water partition coefficient (Wildman–Crippen LogP) is -0.00940. The Labute approximate surface area is 122 Å². The molecule has 0 saturated carbocycles. The average Bonchev–Trinajstić information content (AvgIpc) is 2.78. The van der Waals surface area contributed by atoms with E-state index in [1.54, 1.807) is 13.8 Å². The lowest BCUT2D eigenvalue weighted by molar-refractivity contribution is -0.216. The van der Waals surface area contributed by atoms with Crippen LogP contribution < -0.4 is 0 Å². The number of fused-ring (bicyclic) bond motifs is 1. The van der Waals surface area contributed by atoms with Crippen molar-refractivity contribution in [3.8, 4) is 0 Å². The highest BCUT2D eigenvalue weighted by molar-refractivity contribution is 7.86. The van der Waals surface area contributed by atoms with E-state index in [9.17, 15) is 13.2 Å². The van der Waals surface area contributed by atoms with Crippen LogP contribution in [0.2, 0.25) is 0 Å². The smallest absolute Gasteiger partial charge is 0.438 e. The zero-order chi connectivity index (χ0) is 15.8. The van der Waals surface area contributed by atoms with E-state index in [0.717, 1.165) is 13.4 Å². The summed E-state index contributed by atoms with van der Waals surface area (Å²) >= 11 is 0. The predicted molar refractivity (Wildman–Crippen MR) is 66.8 cm³/mol. The molecular weight excluding hydrogens is 308 g/mol. The molecule has 0 aromatic heterocycles. The summed E-state index contributed by atoms with van der Waals surface area (Å²) in [5, 5.41) is 0. The van der Waals surface area contributed by atoms with Crippen LogP contribution in [0.25, 0.3) is 0 Å². The highest BCUT2D eigenvalue weighted by Crippen LogP contribution is 2.39. The lowest BCUT2D eigenvalue weighted by Crippen LogP contribution is -2.40. The molecular formula is C11H18O9S. The van der Waals surface area contributed by atoms with Gasteiger partial charge in [0.15, 0.2) is 12.1 Å². The molecule has 4 atom stereocenters. The van der Waals surface area contributed by atoms with Gasteiger partial charge in [0.2, 0.25) is 0 Å². The minimum absolute atomic E-state index is 0.243. The maximum absolute atomic E-state index is 11.4. The van der Waals surface area contributed by atoms with Crippen LogP contribution in [0.4, 0.5) is 4.79 Å². The molecule has 0 aromatic carbocycles. The van der Waals surface area contributed by atoms with Crippen molar-refractivity contribution in [2.75, 3.05) is 20.0 Å². The first-order valence-corrected chi connectivity index (χ1v) is 8.03. The van der Waals surface area contributed by atoms with Gasteiger partial charge >= 0.3 is 6.16 Å². The molecule has 0 bridgehead atoms. The fraction of sp³-hybridized carbons (Fsp3) is 0.909. The molecule has 0 aliphatic carbocycles. The molecule has 2 saturated heterocycles. The van der Waals surface area contributed by atoms with Crippen molar-refractivity contribution >= 4 is 16.3 Å². The summed E-state index contributed by atoms with van der Waals surface area (Å²) in [4.78, 5) is 11.0. The van der Waals surface area contributed by atoms with E-state index in [-0.39, 0.29) is 6.61 Å². The van der Waals surface area contributed by atoms with Crippen LogP contribution in [-0.4, -0.2) is 64.9 Å². The topological polar surface area (TPSA) is 107 Å². The number of methoxy groups -OCH3 is 1. The summed E-state index contributed by atoms with van der Waals surface area (Å²) in [7, 11) is -2.59. The molecule has 2 rings (SSSR count). The van der Waals surface area contributed by atoms with E-state index in [1.165, 1.54) is 0 Å². The van der Waals surface area contributed by atoms with Gasteiger partial charge in [-0.05, 0) is 13.8 Å². The molecule has 122 valence electrons. The van der Waals surface area contributed by atoms with Crippen LogP contribution in [-0.2, 0) is 38.0 Å². The maximum Gasteiger partial charge on any atom is 0.508 e. The van der Waals surface area contributed by atoms with Gasteiger partial charge in [0.05, 0.1) is 13.4 Å². The molecule has 0 N–H and O–H groups in total. The summed E-state index contributed by atoms with van der Waals surface area (Å²) in [5.41, 5.74) is 0. The first-order valence-electron chi connectivity index (χ1n) is 6.21. The fourth-order valence-corrected chi connectivity index (χ4v) is 2.85. The SMILES string of the molecule is COC(=O)OC[C@H]1O[C@H]2OC(C)(C)O[C@@H]2[C@H]1OS(C)(=O)=O. The van der Waals surface area contributed by atoms with E-state index in [1.807, 2.05) is 0 Å². The highest BCUT2D eigenvalue weighted by Gasteiger charge is 2.56. The van der Waals surface area contributed by atoms with Crippen LogP contribution in [0.15, 0.2) is 0 Å². The average molecular weight is 326 g/mol. The zero-order valence-corrected chi connectivity index (χ0v) is 12.9. The molecule has 2 aliphatic rings. The van der Waals surface area contributed by atoms with Gasteiger partial charge in [0.1, 0.15) is 24.9 Å². The number of rotatable bonds is 4. The lowest BCUT2D eigenvalue weighted by Gasteiger charge is -2.24. The van der Waals surface area contributed by atoms with Crippen LogP contribution >= 0.6 is 0 Å². The Bertz CT molecular complexity index is 500. The minimum atomic E-state index is -3.75. The van der Waals surface area contributed by atoms with Gasteiger partial charge in [-0.1, -0.05) is 0 Å². The van der Waals surface area contributed by atoms with Crippen molar-refractivity contribution in [1.82, 2.24) is 0 Å². The third-order valence-corrected chi connectivity index (χ3v) is 3.48. The van der Waals surface area contributed by atoms with Crippen LogP contribution in [0.5, 0.6) is 0 Å². The molecule has 2 fully saturated rings. The Morgan fingerprint density at radius 2 is 1.95 bits per heavy atom. The molecule has 0 spiro atoms. The normalized spacial score (nSPS) is 34.5. The van der Waals surface area contributed by atoms with Crippen molar-refractivity contribution in [2.24, 2.45) is 0 Å². The van der Waals surface area contributed by atoms with Crippen molar-refractivity contribution in [3.05, 3.63) is 0 Å². The van der Waals surface area contributed by atoms with Crippen LogP contribution in [0, 0.1) is 0 Å². The van der Waals surface area contributed by atoms with Gasteiger partial charge in [-0.25, -0.2) is 4.79 Å². The molecule has 2 aliphatic heterocycles. The molecule has 0 radical (unpaired) electrons. The number of carbonyl (C=O) groups is 1. The Morgan fingerprint density at radius 1 is 1.29 bits per heavy atom. The second-order valence-corrected chi connectivity index (χ2v) is 6.77. The Morgan fingerprint density at radius 3 is 2.52 bits per heavy atom. The number of hydrogen-bond donors (Lipinski definition) is 0. The number of hydrogen-bond acceptors (Lipinski definition) is 9. The van der Waals surface area contributed by atoms with Crippen molar-refractivity contribution in [3.63, 3.8) is 0 Å². The van der Waals surface area contributed by atoms with Crippen molar-refractivity contribution < 1.29 is 41.1 Å². The van der Waals surface area contributed by atoms with E-state index in [2.05, 4.69) is 4.74 Å². The van der Waals surface area contributed by atoms with Gasteiger partial charge in [0.25, 0.3) is 10.1 Å². The monoisotopic (exact) mass is 326 g/mol. The summed E-state index contributed by atoms with van der Waals surface area (Å²) < 4.78 is 53.4. The maximum atomic E-state index is 11.4. The van der Waals surface area contributed by atoms with Crippen LogP contribution in [0.3, 0.4) is 0 Å². The van der Waals surface area contributed by atoms with Gasteiger partial charge in [-0.15, -0.1) is 0 Å². The first kappa shape index (κ1) is 16.4. The Balaban J connectivity index is 2.09. The van der Waals surface area contributed by atoms with Crippen molar-refractivity contribution in [1.29, 1.82) is 0 Å². The van der Waals surface area contributed by atoms with Crippen LogP contribution in [0.1, 0.15) is 13.8 Å². The molecule has 10 heteroatoms. The molecule has 2 heterocycles. The quantitative estimate of drug-likeness (QED) is 0.520. The first-order chi connectivity index (χ1) is 9.61. The summed E-state index contributed by atoms with van der Waals surface area (Å²) in [6.07, 6.45) is -3.34. The summed E-state index contributed by atoms with van der Waals surface area (Å²) in [6, 6.07) is 0. The Kier molecular flexibility index (Phi) is 4.45. The molecule has 0 amide bonds. The summed E-state index contributed by atoms with van der Waals surface area (Å²) in [5.74, 6) is -0.914. The fourth-order valence-electron chi connectivity index (χ4n) is 2.21. The van der Waals surface area contributed by atoms with Gasteiger partial charge in [-0.3, -0.25) is 4.18 Å². The molecule has 9 nitrogen and oxygen atoms in total. The lowest BCUT2D eigenvalue weighted by atomic mass is 10.1. The van der Waals surface area contributed by atoms with Gasteiger partial charge < -0.3 is 23.7 Å². The molecule has 0 unspecified atom stereocenters. The third kappa shape index (κ3) is 4.04. The largest absolute Gasteiger partial charge is 0.508 e. The third-order valence-electron chi connectivity index (χ3n) is 2.91. The van der Waals surface area contributed by atoms with E-state index < -0.39 is 46.7 Å². The van der Waals surface area contributed by atoms with E-state index in [0.29, 0.717) is 0 Å². The number of ether oxygens (including phenoxy) is 5. The minimum Gasteiger partial charge on any atom is -0.438 e. The van der Waals surface area contributed by atoms with Crippen molar-refractivity contribution in [2.45, 2.75) is 44.2 Å². The van der Waals surface area contributed by atoms with E-state index in [4.69, 9.17) is 23.1 Å². The number of carbonyl (C=O) groups excluding carboxylic acids is 1. The van der Waals surface area contributed by atoms with Gasteiger partial charge in [0, 0.05) is 0 Å².